The fourth-order valence-electron chi connectivity index (χ4n) is 3.23. The van der Waals surface area contributed by atoms with Gasteiger partial charge in [-0.25, -0.2) is 0 Å². The Kier molecular flexibility index (Phi) is 1.72. The smallest absolute Gasteiger partial charge is 0.00237 e. The van der Waals surface area contributed by atoms with Crippen molar-refractivity contribution in [3.8, 4) is 0 Å². The predicted octanol–water partition coefficient (Wildman–Crippen LogP) is 2.42. The molecule has 1 unspecified atom stereocenters. The van der Waals surface area contributed by atoms with Crippen LogP contribution in [0.5, 0.6) is 0 Å². The number of aryl methyl sites for hydroxylation is 1. The molecule has 1 N–H and O–H groups in total. The number of fused-ring (bicyclic) bond motifs is 3. The summed E-state index contributed by atoms with van der Waals surface area (Å²) in [7, 11) is 0. The van der Waals surface area contributed by atoms with Crippen LogP contribution in [0.3, 0.4) is 0 Å². The van der Waals surface area contributed by atoms with E-state index in [2.05, 4.69) is 37.4 Å². The summed E-state index contributed by atoms with van der Waals surface area (Å²) in [5.74, 6) is 2.40. The first kappa shape index (κ1) is 8.49. The van der Waals surface area contributed by atoms with Crippen molar-refractivity contribution in [2.45, 2.75) is 25.7 Å². The molecule has 1 aliphatic carbocycles. The Morgan fingerprint density at radius 2 is 2.07 bits per heavy atom. The van der Waals surface area contributed by atoms with Crippen LogP contribution in [0.1, 0.15) is 35.4 Å². The average Bonchev–Trinajstić information content (AvgIpc) is 2.71. The highest BCUT2D eigenvalue weighted by Crippen LogP contribution is 2.47. The van der Waals surface area contributed by atoms with Gasteiger partial charge in [0.1, 0.15) is 0 Å². The largest absolute Gasteiger partial charge is 0.316 e. The topological polar surface area (TPSA) is 12.0 Å². The predicted molar refractivity (Wildman–Crippen MR) is 58.7 cm³/mol. The van der Waals surface area contributed by atoms with Crippen molar-refractivity contribution in [3.63, 3.8) is 0 Å². The molecule has 14 heavy (non-hydrogen) atoms. The van der Waals surface area contributed by atoms with E-state index in [0.717, 1.165) is 17.8 Å². The van der Waals surface area contributed by atoms with Gasteiger partial charge in [0.2, 0.25) is 0 Å². The van der Waals surface area contributed by atoms with Gasteiger partial charge < -0.3 is 5.32 Å². The summed E-state index contributed by atoms with van der Waals surface area (Å²) < 4.78 is 0. The molecular weight excluding hydrogens is 170 g/mol. The molecule has 0 saturated carbocycles. The second-order valence-corrected chi connectivity index (χ2v) is 4.85. The molecule has 2 aliphatic rings. The standard InChI is InChI=1S/C13H17N/c1-8-3-4-10-9(2)12-6-14-7-13(12)11(10)5-8/h3-5,9,12-14H,6-7H2,1-2H3/t9?,12-,13+/m0/s1. The van der Waals surface area contributed by atoms with E-state index in [-0.39, 0.29) is 0 Å². The molecule has 74 valence electrons. The van der Waals surface area contributed by atoms with E-state index in [4.69, 9.17) is 0 Å². The molecule has 3 rings (SSSR count). The fourth-order valence-corrected chi connectivity index (χ4v) is 3.23. The Bertz CT molecular complexity index is 369. The van der Waals surface area contributed by atoms with E-state index < -0.39 is 0 Å². The van der Waals surface area contributed by atoms with E-state index in [1.54, 1.807) is 11.1 Å². The number of nitrogens with one attached hydrogen (secondary N) is 1. The van der Waals surface area contributed by atoms with Gasteiger partial charge in [-0.2, -0.15) is 0 Å². The van der Waals surface area contributed by atoms with Crippen LogP contribution in [0, 0.1) is 12.8 Å². The van der Waals surface area contributed by atoms with Gasteiger partial charge >= 0.3 is 0 Å². The van der Waals surface area contributed by atoms with Gasteiger partial charge in [0.05, 0.1) is 0 Å². The Morgan fingerprint density at radius 3 is 2.93 bits per heavy atom. The van der Waals surface area contributed by atoms with Gasteiger partial charge in [0.25, 0.3) is 0 Å². The zero-order valence-corrected chi connectivity index (χ0v) is 8.88. The van der Waals surface area contributed by atoms with Gasteiger partial charge in [-0.15, -0.1) is 0 Å². The SMILES string of the molecule is Cc1ccc2c(c1)[C@H]1CNC[C@H]1C2C. The molecular formula is C13H17N. The summed E-state index contributed by atoms with van der Waals surface area (Å²) in [5.41, 5.74) is 4.63. The van der Waals surface area contributed by atoms with Gasteiger partial charge in [-0.05, 0) is 36.4 Å². The minimum atomic E-state index is 0.755. The van der Waals surface area contributed by atoms with E-state index in [9.17, 15) is 0 Å². The third kappa shape index (κ3) is 0.992. The second kappa shape index (κ2) is 2.83. The monoisotopic (exact) mass is 187 g/mol. The molecule has 3 atom stereocenters. The maximum Gasteiger partial charge on any atom is 0.00237 e. The lowest BCUT2D eigenvalue weighted by Gasteiger charge is -2.12. The van der Waals surface area contributed by atoms with Crippen molar-refractivity contribution in [1.82, 2.24) is 5.32 Å². The first-order chi connectivity index (χ1) is 6.77. The van der Waals surface area contributed by atoms with Gasteiger partial charge in [0.15, 0.2) is 0 Å². The first-order valence-corrected chi connectivity index (χ1v) is 5.58. The van der Waals surface area contributed by atoms with Crippen LogP contribution < -0.4 is 5.32 Å². The highest BCUT2D eigenvalue weighted by Gasteiger charge is 2.40. The molecule has 0 spiro atoms. The minimum Gasteiger partial charge on any atom is -0.316 e. The van der Waals surface area contributed by atoms with Crippen molar-refractivity contribution in [2.75, 3.05) is 13.1 Å². The molecule has 0 radical (unpaired) electrons. The lowest BCUT2D eigenvalue weighted by atomic mass is 9.91. The van der Waals surface area contributed by atoms with Gasteiger partial charge in [-0.1, -0.05) is 30.7 Å². The van der Waals surface area contributed by atoms with Gasteiger partial charge in [-0.3, -0.25) is 0 Å². The number of benzene rings is 1. The molecule has 1 heterocycles. The zero-order valence-electron chi connectivity index (χ0n) is 8.88. The third-order valence-corrected chi connectivity index (χ3v) is 4.04. The first-order valence-electron chi connectivity index (χ1n) is 5.58. The van der Waals surface area contributed by atoms with E-state index >= 15 is 0 Å². The fraction of sp³-hybridized carbons (Fsp3) is 0.538. The molecule has 0 amide bonds. The van der Waals surface area contributed by atoms with Crippen LogP contribution in [0.4, 0.5) is 0 Å². The molecule has 0 bridgehead atoms. The Balaban J connectivity index is 2.13. The maximum absolute atomic E-state index is 3.52. The lowest BCUT2D eigenvalue weighted by Crippen LogP contribution is -2.12. The van der Waals surface area contributed by atoms with E-state index in [1.165, 1.54) is 18.7 Å². The normalized spacial score (nSPS) is 34.3. The number of hydrogen-bond donors (Lipinski definition) is 1. The summed E-state index contributed by atoms with van der Waals surface area (Å²) in [5, 5.41) is 3.52. The van der Waals surface area contributed by atoms with Gasteiger partial charge in [0, 0.05) is 12.5 Å². The van der Waals surface area contributed by atoms with Crippen molar-refractivity contribution in [3.05, 3.63) is 34.9 Å². The third-order valence-electron chi connectivity index (χ3n) is 4.04. The van der Waals surface area contributed by atoms with E-state index in [0.29, 0.717) is 0 Å². The van der Waals surface area contributed by atoms with Crippen LogP contribution in [0.25, 0.3) is 0 Å². The van der Waals surface area contributed by atoms with Crippen molar-refractivity contribution >= 4 is 0 Å². The summed E-state index contributed by atoms with van der Waals surface area (Å²) in [6, 6.07) is 6.99. The van der Waals surface area contributed by atoms with Crippen molar-refractivity contribution in [2.24, 2.45) is 5.92 Å². The highest BCUT2D eigenvalue weighted by molar-refractivity contribution is 5.43. The van der Waals surface area contributed by atoms with Crippen LogP contribution in [0.15, 0.2) is 18.2 Å². The number of hydrogen-bond acceptors (Lipinski definition) is 1. The summed E-state index contributed by atoms with van der Waals surface area (Å²) in [6.07, 6.45) is 0. The molecule has 1 fully saturated rings. The maximum atomic E-state index is 3.52. The quantitative estimate of drug-likeness (QED) is 0.657. The van der Waals surface area contributed by atoms with E-state index in [1.807, 2.05) is 0 Å². The van der Waals surface area contributed by atoms with Crippen molar-refractivity contribution < 1.29 is 0 Å². The number of rotatable bonds is 0. The molecule has 1 aromatic rings. The van der Waals surface area contributed by atoms with Crippen LogP contribution >= 0.6 is 0 Å². The Morgan fingerprint density at radius 1 is 1.21 bits per heavy atom. The molecule has 0 aromatic heterocycles. The Hall–Kier alpha value is -0.820. The van der Waals surface area contributed by atoms with Crippen molar-refractivity contribution in [1.29, 1.82) is 0 Å². The molecule has 1 nitrogen and oxygen atoms in total. The molecule has 1 heteroatoms. The average molecular weight is 187 g/mol. The summed E-state index contributed by atoms with van der Waals surface area (Å²) in [4.78, 5) is 0. The highest BCUT2D eigenvalue weighted by atomic mass is 14.9. The second-order valence-electron chi connectivity index (χ2n) is 4.85. The Labute approximate surface area is 85.5 Å². The van der Waals surface area contributed by atoms with Crippen LogP contribution in [-0.4, -0.2) is 13.1 Å². The molecule has 1 aliphatic heterocycles. The molecule has 1 aromatic carbocycles. The molecule has 1 saturated heterocycles. The van der Waals surface area contributed by atoms with Crippen LogP contribution in [-0.2, 0) is 0 Å². The lowest BCUT2D eigenvalue weighted by molar-refractivity contribution is 0.487. The summed E-state index contributed by atoms with van der Waals surface area (Å²) in [6.45, 7) is 6.97. The summed E-state index contributed by atoms with van der Waals surface area (Å²) >= 11 is 0. The zero-order chi connectivity index (χ0) is 9.71. The van der Waals surface area contributed by atoms with Crippen LogP contribution in [0.2, 0.25) is 0 Å². The minimum absolute atomic E-state index is 0.755.